The molecule has 0 saturated heterocycles. The molecule has 40 heavy (non-hydrogen) atoms. The first-order valence-corrected chi connectivity index (χ1v) is 13.4. The minimum absolute atomic E-state index is 0.0462. The number of benzene rings is 2. The summed E-state index contributed by atoms with van der Waals surface area (Å²) in [4.78, 5) is 33.1. The van der Waals surface area contributed by atoms with Crippen LogP contribution in [0.25, 0.3) is 0 Å². The van der Waals surface area contributed by atoms with Gasteiger partial charge in [0.2, 0.25) is 5.88 Å². The van der Waals surface area contributed by atoms with Crippen molar-refractivity contribution in [2.24, 2.45) is 5.92 Å². The molecule has 0 fully saturated rings. The number of amides is 1. The first-order valence-electron chi connectivity index (χ1n) is 13.4. The number of pyridine rings is 1. The Kier molecular flexibility index (Phi) is 9.54. The number of carbonyl (C=O) groups excluding carboxylic acids is 1. The Bertz CT molecular complexity index is 1380. The molecule has 0 saturated carbocycles. The molecule has 0 spiro atoms. The van der Waals surface area contributed by atoms with Crippen molar-refractivity contribution in [3.63, 3.8) is 0 Å². The van der Waals surface area contributed by atoms with Crippen LogP contribution in [0.3, 0.4) is 0 Å². The second-order valence-electron chi connectivity index (χ2n) is 10.4. The average molecular weight is 542 g/mol. The molecule has 8 nitrogen and oxygen atoms in total. The van der Waals surface area contributed by atoms with E-state index in [2.05, 4.69) is 21.7 Å². The second kappa shape index (κ2) is 13.2. The van der Waals surface area contributed by atoms with Gasteiger partial charge in [-0.25, -0.2) is 9.78 Å². The first kappa shape index (κ1) is 28.8. The zero-order valence-electron chi connectivity index (χ0n) is 23.1. The average Bonchev–Trinajstić information content (AvgIpc) is 2.95. The van der Waals surface area contributed by atoms with Crippen LogP contribution in [0.2, 0.25) is 0 Å². The van der Waals surface area contributed by atoms with Crippen LogP contribution < -0.4 is 4.74 Å². The van der Waals surface area contributed by atoms with Crippen LogP contribution in [-0.4, -0.2) is 75.8 Å². The SMILES string of the molecule is C[C@@H]1CN([C@H](C)CO)C(=O)c2cc(C#CCc3ccccc3)cnc2O[C@H]1CN(C)Cc1ccc(C(=O)O)cc1. The summed E-state index contributed by atoms with van der Waals surface area (Å²) in [6, 6.07) is 18.1. The lowest BCUT2D eigenvalue weighted by molar-refractivity contribution is 0.0325. The lowest BCUT2D eigenvalue weighted by atomic mass is 9.99. The number of likely N-dealkylation sites (N-methyl/N-ethyl adjacent to an activating group) is 1. The number of carboxylic acid groups (broad SMARTS) is 1. The summed E-state index contributed by atoms with van der Waals surface area (Å²) in [5.74, 6) is 5.28. The second-order valence-corrected chi connectivity index (χ2v) is 10.4. The van der Waals surface area contributed by atoms with Gasteiger partial charge in [-0.1, -0.05) is 61.2 Å². The molecule has 2 aromatic carbocycles. The number of aliphatic hydroxyl groups is 1. The van der Waals surface area contributed by atoms with Gasteiger partial charge in [0.25, 0.3) is 5.91 Å². The van der Waals surface area contributed by atoms with Crippen LogP contribution in [0.1, 0.15) is 51.3 Å². The highest BCUT2D eigenvalue weighted by atomic mass is 16.5. The molecular formula is C32H35N3O5. The standard InChI is InChI=1S/C32H35N3O5/c1-22-18-35(23(2)21-36)31(37)28-16-26(11-7-10-24-8-5-4-6-9-24)17-33-30(28)40-29(22)20-34(3)19-25-12-14-27(15-13-25)32(38)39/h4-6,8-9,12-17,22-23,29,36H,10,18-21H2,1-3H3,(H,38,39)/t22-,23-,29+/m1/s1. The van der Waals surface area contributed by atoms with E-state index in [9.17, 15) is 14.7 Å². The molecule has 1 amide bonds. The number of aliphatic hydroxyl groups excluding tert-OH is 1. The number of carboxylic acids is 1. The fraction of sp³-hybridized carbons (Fsp3) is 0.344. The third-order valence-electron chi connectivity index (χ3n) is 7.03. The smallest absolute Gasteiger partial charge is 0.335 e. The summed E-state index contributed by atoms with van der Waals surface area (Å²) in [5, 5.41) is 19.1. The topological polar surface area (TPSA) is 103 Å². The summed E-state index contributed by atoms with van der Waals surface area (Å²) < 4.78 is 6.38. The number of nitrogens with zero attached hydrogens (tertiary/aromatic N) is 3. The molecule has 1 aliphatic heterocycles. The highest BCUT2D eigenvalue weighted by Gasteiger charge is 2.34. The van der Waals surface area contributed by atoms with Crippen molar-refractivity contribution in [2.75, 3.05) is 26.7 Å². The van der Waals surface area contributed by atoms with Crippen molar-refractivity contribution in [1.82, 2.24) is 14.8 Å². The van der Waals surface area contributed by atoms with E-state index in [-0.39, 0.29) is 42.0 Å². The van der Waals surface area contributed by atoms with E-state index < -0.39 is 5.97 Å². The largest absolute Gasteiger partial charge is 0.478 e. The Morgan fingerprint density at radius 3 is 2.58 bits per heavy atom. The normalized spacial score (nSPS) is 17.6. The number of rotatable bonds is 8. The fourth-order valence-electron chi connectivity index (χ4n) is 4.67. The Balaban J connectivity index is 1.56. The maximum Gasteiger partial charge on any atom is 0.335 e. The maximum absolute atomic E-state index is 13.6. The minimum Gasteiger partial charge on any atom is -0.478 e. The number of carbonyl (C=O) groups is 2. The van der Waals surface area contributed by atoms with Crippen LogP contribution in [0.5, 0.6) is 5.88 Å². The van der Waals surface area contributed by atoms with E-state index in [0.717, 1.165) is 11.1 Å². The molecule has 0 aliphatic carbocycles. The van der Waals surface area contributed by atoms with Gasteiger partial charge in [0.05, 0.1) is 18.2 Å². The van der Waals surface area contributed by atoms with Crippen molar-refractivity contribution < 1.29 is 24.5 Å². The van der Waals surface area contributed by atoms with Gasteiger partial charge < -0.3 is 19.8 Å². The fourth-order valence-corrected chi connectivity index (χ4v) is 4.67. The number of hydrogen-bond acceptors (Lipinski definition) is 6. The van der Waals surface area contributed by atoms with Crippen LogP contribution in [-0.2, 0) is 13.0 Å². The molecule has 3 atom stereocenters. The van der Waals surface area contributed by atoms with Crippen LogP contribution in [0.15, 0.2) is 66.9 Å². The van der Waals surface area contributed by atoms with E-state index in [1.54, 1.807) is 29.3 Å². The number of fused-ring (bicyclic) bond motifs is 1. The van der Waals surface area contributed by atoms with Crippen molar-refractivity contribution in [3.8, 4) is 17.7 Å². The van der Waals surface area contributed by atoms with Gasteiger partial charge in [-0.15, -0.1) is 0 Å². The molecule has 3 aromatic rings. The van der Waals surface area contributed by atoms with E-state index in [4.69, 9.17) is 9.84 Å². The van der Waals surface area contributed by atoms with Crippen molar-refractivity contribution >= 4 is 11.9 Å². The molecule has 2 heterocycles. The number of ether oxygens (including phenoxy) is 1. The summed E-state index contributed by atoms with van der Waals surface area (Å²) in [5.41, 5.74) is 3.29. The van der Waals surface area contributed by atoms with Gasteiger partial charge >= 0.3 is 5.97 Å². The number of hydrogen-bond donors (Lipinski definition) is 2. The van der Waals surface area contributed by atoms with Crippen LogP contribution in [0, 0.1) is 17.8 Å². The van der Waals surface area contributed by atoms with E-state index in [0.29, 0.717) is 37.2 Å². The third-order valence-corrected chi connectivity index (χ3v) is 7.03. The molecule has 208 valence electrons. The number of aromatic nitrogens is 1. The van der Waals surface area contributed by atoms with Crippen LogP contribution >= 0.6 is 0 Å². The molecule has 0 bridgehead atoms. The number of aromatic carboxylic acids is 1. The van der Waals surface area contributed by atoms with Gasteiger partial charge in [-0.2, -0.15) is 0 Å². The maximum atomic E-state index is 13.6. The minimum atomic E-state index is -0.954. The van der Waals surface area contributed by atoms with Gasteiger partial charge in [-0.3, -0.25) is 9.69 Å². The molecule has 1 aliphatic rings. The zero-order chi connectivity index (χ0) is 28.6. The predicted octanol–water partition coefficient (Wildman–Crippen LogP) is 3.73. The Morgan fingerprint density at radius 1 is 1.18 bits per heavy atom. The summed E-state index contributed by atoms with van der Waals surface area (Å²) >= 11 is 0. The summed E-state index contributed by atoms with van der Waals surface area (Å²) in [7, 11) is 1.97. The molecule has 4 rings (SSSR count). The highest BCUT2D eigenvalue weighted by molar-refractivity contribution is 5.97. The van der Waals surface area contributed by atoms with Gasteiger partial charge in [-0.05, 0) is 43.3 Å². The Morgan fingerprint density at radius 2 is 1.90 bits per heavy atom. The lowest BCUT2D eigenvalue weighted by Crippen LogP contribution is -2.49. The monoisotopic (exact) mass is 541 g/mol. The van der Waals surface area contributed by atoms with Crippen LogP contribution in [0.4, 0.5) is 0 Å². The third kappa shape index (κ3) is 7.26. The Hall–Kier alpha value is -4.19. The molecular weight excluding hydrogens is 506 g/mol. The summed E-state index contributed by atoms with van der Waals surface area (Å²) in [6.07, 6.45) is 1.92. The molecule has 0 unspecified atom stereocenters. The van der Waals surface area contributed by atoms with Crippen molar-refractivity contribution in [1.29, 1.82) is 0 Å². The lowest BCUT2D eigenvalue weighted by Gasteiger charge is -2.37. The Labute approximate surface area is 235 Å². The van der Waals surface area contributed by atoms with Crippen molar-refractivity contribution in [3.05, 3.63) is 94.7 Å². The summed E-state index contributed by atoms with van der Waals surface area (Å²) in [6.45, 7) is 5.26. The molecule has 2 N–H and O–H groups in total. The predicted molar refractivity (Wildman–Crippen MR) is 152 cm³/mol. The van der Waals surface area contributed by atoms with Gasteiger partial charge in [0.1, 0.15) is 11.7 Å². The van der Waals surface area contributed by atoms with Gasteiger partial charge in [0.15, 0.2) is 0 Å². The van der Waals surface area contributed by atoms with Gasteiger partial charge in [0, 0.05) is 43.7 Å². The van der Waals surface area contributed by atoms with E-state index in [1.165, 1.54) is 0 Å². The zero-order valence-corrected chi connectivity index (χ0v) is 23.1. The first-order chi connectivity index (χ1) is 19.2. The quantitative estimate of drug-likeness (QED) is 0.419. The molecule has 0 radical (unpaired) electrons. The highest BCUT2D eigenvalue weighted by Crippen LogP contribution is 2.27. The molecule has 1 aromatic heterocycles. The van der Waals surface area contributed by atoms with Crippen molar-refractivity contribution in [2.45, 2.75) is 39.0 Å². The van der Waals surface area contributed by atoms with E-state index in [1.807, 2.05) is 63.4 Å². The van der Waals surface area contributed by atoms with E-state index >= 15 is 0 Å². The molecule has 8 heteroatoms.